The summed E-state index contributed by atoms with van der Waals surface area (Å²) in [6.07, 6.45) is -0.730. The van der Waals surface area contributed by atoms with Crippen molar-refractivity contribution in [2.45, 2.75) is 13.2 Å². The zero-order valence-corrected chi connectivity index (χ0v) is 10.4. The van der Waals surface area contributed by atoms with Crippen LogP contribution in [0.2, 0.25) is 0 Å². The van der Waals surface area contributed by atoms with Gasteiger partial charge in [-0.25, -0.2) is 4.79 Å². The van der Waals surface area contributed by atoms with Crippen molar-refractivity contribution in [3.63, 3.8) is 0 Å². The highest BCUT2D eigenvalue weighted by Gasteiger charge is 2.32. The minimum absolute atomic E-state index is 0.0861. The van der Waals surface area contributed by atoms with Gasteiger partial charge in [-0.1, -0.05) is 6.07 Å². The van der Waals surface area contributed by atoms with Gasteiger partial charge in [0.15, 0.2) is 0 Å². The molecule has 0 saturated heterocycles. The molecule has 0 amide bonds. The summed E-state index contributed by atoms with van der Waals surface area (Å²) in [6.45, 7) is 1.93. The fraction of sp³-hybridized carbons (Fsp3) is 0.154. The summed E-state index contributed by atoms with van der Waals surface area (Å²) >= 11 is 1.47. The number of fused-ring (bicyclic) bond motifs is 1. The Morgan fingerprint density at radius 3 is 2.83 bits per heavy atom. The van der Waals surface area contributed by atoms with Crippen molar-refractivity contribution in [3.8, 4) is 11.5 Å². The number of esters is 1. The molecule has 0 radical (unpaired) electrons. The number of hydrogen-bond donors (Lipinski definition) is 1. The van der Waals surface area contributed by atoms with Gasteiger partial charge in [0.2, 0.25) is 0 Å². The van der Waals surface area contributed by atoms with Gasteiger partial charge in [0.1, 0.15) is 17.1 Å². The van der Waals surface area contributed by atoms with Gasteiger partial charge in [0.05, 0.1) is 4.88 Å². The Labute approximate surface area is 107 Å². The van der Waals surface area contributed by atoms with E-state index >= 15 is 0 Å². The Morgan fingerprint density at radius 2 is 2.11 bits per heavy atom. The van der Waals surface area contributed by atoms with Crippen molar-refractivity contribution < 1.29 is 19.4 Å². The number of phenols is 1. The molecule has 1 aromatic carbocycles. The predicted octanol–water partition coefficient (Wildman–Crippen LogP) is 3.01. The molecule has 0 bridgehead atoms. The molecule has 2 aromatic rings. The number of thiophene rings is 1. The van der Waals surface area contributed by atoms with Crippen LogP contribution in [0.1, 0.15) is 27.1 Å². The number of ether oxygens (including phenoxy) is 2. The Kier molecular flexibility index (Phi) is 2.48. The number of carbonyl (C=O) groups excluding carboxylic acids is 1. The van der Waals surface area contributed by atoms with Crippen LogP contribution < -0.4 is 4.74 Å². The number of benzene rings is 1. The van der Waals surface area contributed by atoms with E-state index in [1.165, 1.54) is 17.4 Å². The lowest BCUT2D eigenvalue weighted by molar-refractivity contribution is -0.0611. The molecule has 18 heavy (non-hydrogen) atoms. The number of phenolic OH excluding ortho intramolecular Hbond substituents is 1. The summed E-state index contributed by atoms with van der Waals surface area (Å²) in [7, 11) is 0. The molecule has 1 atom stereocenters. The fourth-order valence-electron chi connectivity index (χ4n) is 1.85. The van der Waals surface area contributed by atoms with Crippen molar-refractivity contribution in [2.75, 3.05) is 0 Å². The first kappa shape index (κ1) is 11.1. The second kappa shape index (κ2) is 4.03. The third-order valence-electron chi connectivity index (χ3n) is 2.77. The van der Waals surface area contributed by atoms with E-state index in [2.05, 4.69) is 0 Å². The zero-order chi connectivity index (χ0) is 12.7. The Morgan fingerprint density at radius 1 is 1.28 bits per heavy atom. The summed E-state index contributed by atoms with van der Waals surface area (Å²) in [6, 6.07) is 6.64. The van der Waals surface area contributed by atoms with Crippen LogP contribution in [0.5, 0.6) is 11.5 Å². The highest BCUT2D eigenvalue weighted by atomic mass is 32.1. The van der Waals surface area contributed by atoms with Crippen LogP contribution in [0.4, 0.5) is 0 Å². The first-order valence-electron chi connectivity index (χ1n) is 5.40. The number of rotatable bonds is 1. The highest BCUT2D eigenvalue weighted by molar-refractivity contribution is 7.10. The molecule has 0 saturated carbocycles. The maximum absolute atomic E-state index is 11.9. The van der Waals surface area contributed by atoms with Gasteiger partial charge < -0.3 is 14.6 Å². The Balaban J connectivity index is 2.02. The number of cyclic esters (lactones) is 1. The van der Waals surface area contributed by atoms with E-state index in [9.17, 15) is 9.90 Å². The minimum atomic E-state index is -0.730. The van der Waals surface area contributed by atoms with Gasteiger partial charge in [-0.2, -0.15) is 0 Å². The van der Waals surface area contributed by atoms with Gasteiger partial charge >= 0.3 is 5.97 Å². The lowest BCUT2D eigenvalue weighted by atomic mass is 10.1. The summed E-state index contributed by atoms with van der Waals surface area (Å²) in [5.74, 6) is -0.338. The van der Waals surface area contributed by atoms with Gasteiger partial charge in [0.25, 0.3) is 6.29 Å². The molecule has 1 aliphatic heterocycles. The molecular formula is C13H10O4S. The van der Waals surface area contributed by atoms with Crippen LogP contribution in [0.25, 0.3) is 0 Å². The zero-order valence-electron chi connectivity index (χ0n) is 9.54. The van der Waals surface area contributed by atoms with Crippen molar-refractivity contribution in [1.82, 2.24) is 0 Å². The van der Waals surface area contributed by atoms with E-state index in [-0.39, 0.29) is 11.3 Å². The maximum atomic E-state index is 11.9. The van der Waals surface area contributed by atoms with Crippen LogP contribution in [0, 0.1) is 6.92 Å². The molecule has 1 aromatic heterocycles. The molecule has 0 fully saturated rings. The van der Waals surface area contributed by atoms with E-state index in [1.807, 2.05) is 18.4 Å². The normalized spacial score (nSPS) is 17.8. The van der Waals surface area contributed by atoms with E-state index < -0.39 is 12.3 Å². The second-order valence-electron chi connectivity index (χ2n) is 3.97. The fourth-order valence-corrected chi connectivity index (χ4v) is 2.73. The highest BCUT2D eigenvalue weighted by Crippen LogP contribution is 2.39. The van der Waals surface area contributed by atoms with E-state index in [1.54, 1.807) is 12.1 Å². The third-order valence-corrected chi connectivity index (χ3v) is 3.81. The summed E-state index contributed by atoms with van der Waals surface area (Å²) in [5, 5.41) is 11.5. The van der Waals surface area contributed by atoms with Crippen molar-refractivity contribution >= 4 is 17.3 Å². The smallest absolute Gasteiger partial charge is 0.349 e. The summed E-state index contributed by atoms with van der Waals surface area (Å²) in [5.41, 5.74) is 1.10. The minimum Gasteiger partial charge on any atom is -0.507 e. The number of aryl methyl sites for hydroxylation is 1. The van der Waals surface area contributed by atoms with E-state index in [0.717, 1.165) is 10.4 Å². The molecular weight excluding hydrogens is 252 g/mol. The summed E-state index contributed by atoms with van der Waals surface area (Å²) in [4.78, 5) is 12.7. The molecule has 3 rings (SSSR count). The third kappa shape index (κ3) is 1.64. The van der Waals surface area contributed by atoms with Crippen LogP contribution >= 0.6 is 11.3 Å². The van der Waals surface area contributed by atoms with E-state index in [0.29, 0.717) is 5.75 Å². The molecule has 1 unspecified atom stereocenters. The second-order valence-corrected chi connectivity index (χ2v) is 4.92. The van der Waals surface area contributed by atoms with Gasteiger partial charge in [0, 0.05) is 0 Å². The van der Waals surface area contributed by atoms with Crippen LogP contribution in [0.3, 0.4) is 0 Å². The van der Waals surface area contributed by atoms with E-state index in [4.69, 9.17) is 9.47 Å². The van der Waals surface area contributed by atoms with Crippen LogP contribution in [-0.2, 0) is 4.74 Å². The monoisotopic (exact) mass is 262 g/mol. The molecule has 0 aliphatic carbocycles. The van der Waals surface area contributed by atoms with Crippen molar-refractivity contribution in [1.29, 1.82) is 0 Å². The molecule has 92 valence electrons. The quantitative estimate of drug-likeness (QED) is 0.803. The topological polar surface area (TPSA) is 55.8 Å². The SMILES string of the molecule is Cc1ccsc1C1OC(=O)c2c(O)cccc2O1. The molecule has 5 heteroatoms. The maximum Gasteiger partial charge on any atom is 0.349 e. The first-order chi connectivity index (χ1) is 8.66. The molecule has 0 spiro atoms. The van der Waals surface area contributed by atoms with Gasteiger partial charge in [-0.05, 0) is 36.1 Å². The van der Waals surface area contributed by atoms with Crippen molar-refractivity contribution in [3.05, 3.63) is 45.6 Å². The first-order valence-corrected chi connectivity index (χ1v) is 6.28. The molecule has 1 N–H and O–H groups in total. The average molecular weight is 262 g/mol. The summed E-state index contributed by atoms with van der Waals surface area (Å²) < 4.78 is 10.8. The lowest BCUT2D eigenvalue weighted by Crippen LogP contribution is -2.23. The molecule has 2 heterocycles. The van der Waals surface area contributed by atoms with Gasteiger partial charge in [-0.15, -0.1) is 11.3 Å². The Hall–Kier alpha value is -2.01. The van der Waals surface area contributed by atoms with Crippen LogP contribution in [0.15, 0.2) is 29.6 Å². The largest absolute Gasteiger partial charge is 0.507 e. The van der Waals surface area contributed by atoms with Gasteiger partial charge in [-0.3, -0.25) is 0 Å². The average Bonchev–Trinajstić information content (AvgIpc) is 2.75. The standard InChI is InChI=1S/C13H10O4S/c1-7-5-6-18-11(7)13-16-9-4-2-3-8(14)10(9)12(15)17-13/h2-6,13-14H,1H3. The number of aromatic hydroxyl groups is 1. The van der Waals surface area contributed by atoms with Crippen molar-refractivity contribution in [2.24, 2.45) is 0 Å². The Bertz CT molecular complexity index is 617. The number of carbonyl (C=O) groups is 1. The predicted molar refractivity (Wildman–Crippen MR) is 65.9 cm³/mol. The molecule has 4 nitrogen and oxygen atoms in total. The number of hydrogen-bond acceptors (Lipinski definition) is 5. The van der Waals surface area contributed by atoms with Crippen LogP contribution in [-0.4, -0.2) is 11.1 Å². The lowest BCUT2D eigenvalue weighted by Gasteiger charge is -2.25. The molecule has 1 aliphatic rings.